The van der Waals surface area contributed by atoms with E-state index in [9.17, 15) is 14.4 Å². The summed E-state index contributed by atoms with van der Waals surface area (Å²) in [6.07, 6.45) is 2.59. The fourth-order valence-corrected chi connectivity index (χ4v) is 4.14. The van der Waals surface area contributed by atoms with E-state index in [0.717, 1.165) is 12.0 Å². The van der Waals surface area contributed by atoms with Gasteiger partial charge in [0.2, 0.25) is 11.8 Å². The van der Waals surface area contributed by atoms with Gasteiger partial charge in [0.25, 0.3) is 5.91 Å². The van der Waals surface area contributed by atoms with Crippen LogP contribution in [0.15, 0.2) is 54.7 Å². The Balaban J connectivity index is 1.34. The number of likely N-dealkylation sites (tertiary alicyclic amines) is 1. The van der Waals surface area contributed by atoms with E-state index in [4.69, 9.17) is 0 Å². The molecule has 1 aromatic heterocycles. The zero-order valence-corrected chi connectivity index (χ0v) is 16.9. The maximum Gasteiger partial charge on any atom is 0.272 e. The Hall–Kier alpha value is -3.22. The number of rotatable bonds is 4. The number of hydrogen-bond acceptors (Lipinski definition) is 4. The van der Waals surface area contributed by atoms with E-state index in [1.54, 1.807) is 34.2 Å². The summed E-state index contributed by atoms with van der Waals surface area (Å²) in [7, 11) is 0. The van der Waals surface area contributed by atoms with Crippen LogP contribution in [0.1, 0.15) is 28.9 Å². The van der Waals surface area contributed by atoms with Gasteiger partial charge in [-0.25, -0.2) is 0 Å². The minimum Gasteiger partial charge on any atom is -0.341 e. The van der Waals surface area contributed by atoms with Crippen molar-refractivity contribution in [1.29, 1.82) is 0 Å². The lowest BCUT2D eigenvalue weighted by Crippen LogP contribution is -2.40. The third-order valence-corrected chi connectivity index (χ3v) is 5.76. The number of carbonyl (C=O) groups excluding carboxylic acids is 3. The lowest BCUT2D eigenvalue weighted by Gasteiger charge is -2.24. The Morgan fingerprint density at radius 2 is 1.67 bits per heavy atom. The van der Waals surface area contributed by atoms with Gasteiger partial charge >= 0.3 is 0 Å². The molecule has 0 aliphatic carbocycles. The maximum atomic E-state index is 13.1. The molecule has 3 amide bonds. The van der Waals surface area contributed by atoms with Crippen LogP contribution >= 0.6 is 0 Å². The Bertz CT molecular complexity index is 903. The van der Waals surface area contributed by atoms with Crippen LogP contribution in [-0.2, 0) is 16.1 Å². The Labute approximate surface area is 176 Å². The van der Waals surface area contributed by atoms with Crippen molar-refractivity contribution in [3.05, 3.63) is 66.0 Å². The van der Waals surface area contributed by atoms with Gasteiger partial charge in [0.05, 0.1) is 5.92 Å². The van der Waals surface area contributed by atoms with Gasteiger partial charge in [-0.2, -0.15) is 0 Å². The summed E-state index contributed by atoms with van der Waals surface area (Å²) >= 11 is 0. The van der Waals surface area contributed by atoms with Crippen LogP contribution in [0.25, 0.3) is 0 Å². The van der Waals surface area contributed by atoms with Gasteiger partial charge in [-0.05, 0) is 24.1 Å². The van der Waals surface area contributed by atoms with Crippen molar-refractivity contribution < 1.29 is 14.4 Å². The quantitative estimate of drug-likeness (QED) is 0.776. The summed E-state index contributed by atoms with van der Waals surface area (Å²) in [4.78, 5) is 47.7. The van der Waals surface area contributed by atoms with Gasteiger partial charge < -0.3 is 14.7 Å². The molecule has 1 aromatic carbocycles. The molecule has 156 valence electrons. The first-order valence-electron chi connectivity index (χ1n) is 10.4. The molecule has 2 saturated heterocycles. The van der Waals surface area contributed by atoms with Crippen molar-refractivity contribution in [3.8, 4) is 0 Å². The predicted octanol–water partition coefficient (Wildman–Crippen LogP) is 1.80. The van der Waals surface area contributed by atoms with E-state index in [-0.39, 0.29) is 30.1 Å². The Morgan fingerprint density at radius 1 is 0.933 bits per heavy atom. The average Bonchev–Trinajstić information content (AvgIpc) is 2.99. The van der Waals surface area contributed by atoms with E-state index < -0.39 is 0 Å². The molecule has 4 rings (SSSR count). The molecule has 0 radical (unpaired) electrons. The SMILES string of the molecule is O=C1CC(C(=O)N2CCCN(C(=O)c3ccccn3)CC2)CN1Cc1ccccc1. The van der Waals surface area contributed by atoms with E-state index in [2.05, 4.69) is 4.98 Å². The monoisotopic (exact) mass is 406 g/mol. The number of amides is 3. The van der Waals surface area contributed by atoms with Crippen molar-refractivity contribution in [1.82, 2.24) is 19.7 Å². The zero-order valence-electron chi connectivity index (χ0n) is 16.9. The second-order valence-corrected chi connectivity index (χ2v) is 7.85. The summed E-state index contributed by atoms with van der Waals surface area (Å²) in [5.74, 6) is -0.362. The average molecular weight is 406 g/mol. The van der Waals surface area contributed by atoms with Crippen molar-refractivity contribution >= 4 is 17.7 Å². The van der Waals surface area contributed by atoms with Gasteiger partial charge in [-0.3, -0.25) is 19.4 Å². The lowest BCUT2D eigenvalue weighted by atomic mass is 10.1. The zero-order chi connectivity index (χ0) is 20.9. The molecule has 0 spiro atoms. The highest BCUT2D eigenvalue weighted by atomic mass is 16.2. The summed E-state index contributed by atoms with van der Waals surface area (Å²) in [6.45, 7) is 3.17. The maximum absolute atomic E-state index is 13.1. The predicted molar refractivity (Wildman–Crippen MR) is 111 cm³/mol. The number of aromatic nitrogens is 1. The number of hydrogen-bond donors (Lipinski definition) is 0. The van der Waals surface area contributed by atoms with Gasteiger partial charge in [-0.15, -0.1) is 0 Å². The smallest absolute Gasteiger partial charge is 0.272 e. The highest BCUT2D eigenvalue weighted by molar-refractivity contribution is 5.92. The van der Waals surface area contributed by atoms with Crippen LogP contribution < -0.4 is 0 Å². The van der Waals surface area contributed by atoms with Crippen LogP contribution in [0.2, 0.25) is 0 Å². The molecule has 7 heteroatoms. The molecule has 2 aliphatic rings. The molecule has 2 aliphatic heterocycles. The third kappa shape index (κ3) is 4.50. The molecular formula is C23H26N4O3. The molecule has 0 saturated carbocycles. The highest BCUT2D eigenvalue weighted by Gasteiger charge is 2.37. The second-order valence-electron chi connectivity index (χ2n) is 7.85. The van der Waals surface area contributed by atoms with E-state index in [1.165, 1.54) is 0 Å². The minimum atomic E-state index is -0.306. The molecule has 2 fully saturated rings. The molecule has 3 heterocycles. The summed E-state index contributed by atoms with van der Waals surface area (Å²) in [5, 5.41) is 0. The second kappa shape index (κ2) is 9.07. The molecule has 0 N–H and O–H groups in total. The van der Waals surface area contributed by atoms with Crippen molar-refractivity contribution in [3.63, 3.8) is 0 Å². The topological polar surface area (TPSA) is 73.8 Å². The van der Waals surface area contributed by atoms with Crippen LogP contribution in [0.4, 0.5) is 0 Å². The van der Waals surface area contributed by atoms with Crippen LogP contribution in [0.5, 0.6) is 0 Å². The minimum absolute atomic E-state index is 0.0195. The molecule has 1 atom stereocenters. The number of carbonyl (C=O) groups is 3. The number of pyridine rings is 1. The summed E-state index contributed by atoms with van der Waals surface area (Å²) in [6, 6.07) is 15.1. The van der Waals surface area contributed by atoms with Gasteiger partial charge in [0, 0.05) is 51.9 Å². The van der Waals surface area contributed by atoms with Gasteiger partial charge in [0.1, 0.15) is 5.69 Å². The number of nitrogens with zero attached hydrogens (tertiary/aromatic N) is 4. The molecule has 7 nitrogen and oxygen atoms in total. The first-order chi connectivity index (χ1) is 14.6. The van der Waals surface area contributed by atoms with Gasteiger partial charge in [-0.1, -0.05) is 36.4 Å². The van der Waals surface area contributed by atoms with Crippen LogP contribution in [0.3, 0.4) is 0 Å². The first-order valence-corrected chi connectivity index (χ1v) is 10.4. The molecule has 30 heavy (non-hydrogen) atoms. The van der Waals surface area contributed by atoms with E-state index >= 15 is 0 Å². The fourth-order valence-electron chi connectivity index (χ4n) is 4.14. The Kier molecular flexibility index (Phi) is 6.07. The normalized spacial score (nSPS) is 19.7. The first kappa shape index (κ1) is 20.1. The summed E-state index contributed by atoms with van der Waals surface area (Å²) < 4.78 is 0. The van der Waals surface area contributed by atoms with Crippen molar-refractivity contribution in [2.24, 2.45) is 5.92 Å². The van der Waals surface area contributed by atoms with Crippen molar-refractivity contribution in [2.45, 2.75) is 19.4 Å². The van der Waals surface area contributed by atoms with E-state index in [0.29, 0.717) is 45.0 Å². The van der Waals surface area contributed by atoms with E-state index in [1.807, 2.05) is 35.2 Å². The molecule has 0 bridgehead atoms. The Morgan fingerprint density at radius 3 is 2.43 bits per heavy atom. The molecule has 1 unspecified atom stereocenters. The lowest BCUT2D eigenvalue weighted by molar-refractivity contribution is -0.135. The summed E-state index contributed by atoms with van der Waals surface area (Å²) in [5.41, 5.74) is 1.49. The molecule has 2 aromatic rings. The largest absolute Gasteiger partial charge is 0.341 e. The fraction of sp³-hybridized carbons (Fsp3) is 0.391. The number of benzene rings is 1. The van der Waals surface area contributed by atoms with Crippen LogP contribution in [0, 0.1) is 5.92 Å². The highest BCUT2D eigenvalue weighted by Crippen LogP contribution is 2.23. The van der Waals surface area contributed by atoms with Crippen LogP contribution in [-0.4, -0.2) is 70.1 Å². The van der Waals surface area contributed by atoms with Crippen molar-refractivity contribution in [2.75, 3.05) is 32.7 Å². The third-order valence-electron chi connectivity index (χ3n) is 5.76. The standard InChI is InChI=1S/C23H26N4O3/c28-21-15-19(17-27(21)16-18-7-2-1-3-8-18)22(29)25-11-6-12-26(14-13-25)23(30)20-9-4-5-10-24-20/h1-5,7-10,19H,6,11-17H2. The molecular weight excluding hydrogens is 380 g/mol. The van der Waals surface area contributed by atoms with Gasteiger partial charge in [0.15, 0.2) is 0 Å².